The van der Waals surface area contributed by atoms with Gasteiger partial charge in [-0.05, 0) is 43.5 Å². The second-order valence-electron chi connectivity index (χ2n) is 4.42. The molecule has 2 rings (SSSR count). The van der Waals surface area contributed by atoms with E-state index in [-0.39, 0.29) is 11.7 Å². The number of likely N-dealkylation sites (tertiary alicyclic amines) is 1. The minimum atomic E-state index is -0.00549. The molecular formula is C14H16ClNO2. The summed E-state index contributed by atoms with van der Waals surface area (Å²) in [7, 11) is 0. The van der Waals surface area contributed by atoms with Crippen molar-refractivity contribution in [1.29, 1.82) is 0 Å². The Morgan fingerprint density at radius 2 is 2.00 bits per heavy atom. The molecule has 0 spiro atoms. The van der Waals surface area contributed by atoms with Crippen molar-refractivity contribution in [2.75, 3.05) is 13.1 Å². The van der Waals surface area contributed by atoms with Gasteiger partial charge >= 0.3 is 0 Å². The first-order valence-electron chi connectivity index (χ1n) is 6.12. The highest BCUT2D eigenvalue weighted by atomic mass is 35.5. The Labute approximate surface area is 112 Å². The largest absolute Gasteiger partial charge is 0.507 e. The van der Waals surface area contributed by atoms with Crippen LogP contribution in [0.2, 0.25) is 5.02 Å². The van der Waals surface area contributed by atoms with Crippen LogP contribution in [0.1, 0.15) is 24.8 Å². The van der Waals surface area contributed by atoms with Crippen LogP contribution in [0, 0.1) is 0 Å². The number of hydrogen-bond acceptors (Lipinski definition) is 2. The van der Waals surface area contributed by atoms with Gasteiger partial charge in [0.1, 0.15) is 5.75 Å². The summed E-state index contributed by atoms with van der Waals surface area (Å²) in [4.78, 5) is 13.7. The molecule has 4 heteroatoms. The van der Waals surface area contributed by atoms with Crippen molar-refractivity contribution in [2.45, 2.75) is 19.3 Å². The first kappa shape index (κ1) is 13.0. The number of aromatic hydroxyl groups is 1. The molecule has 18 heavy (non-hydrogen) atoms. The highest BCUT2D eigenvalue weighted by Crippen LogP contribution is 2.22. The third-order valence-electron chi connectivity index (χ3n) is 3.06. The van der Waals surface area contributed by atoms with E-state index in [1.54, 1.807) is 18.2 Å². The standard InChI is InChI=1S/C14H16ClNO2/c15-12-5-6-13(17)11(10-12)4-7-14(18)16-8-2-1-3-9-16/h4-7,10,17H,1-3,8-9H2/b7-4+. The van der Waals surface area contributed by atoms with Crippen LogP contribution in [0.25, 0.3) is 6.08 Å². The molecule has 1 heterocycles. The third kappa shape index (κ3) is 3.26. The van der Waals surface area contributed by atoms with Gasteiger partial charge in [0.15, 0.2) is 0 Å². The second kappa shape index (κ2) is 5.91. The number of hydrogen-bond donors (Lipinski definition) is 1. The number of carbonyl (C=O) groups is 1. The summed E-state index contributed by atoms with van der Waals surface area (Å²) in [6.07, 6.45) is 6.45. The fraction of sp³-hybridized carbons (Fsp3) is 0.357. The van der Waals surface area contributed by atoms with E-state index in [0.29, 0.717) is 10.6 Å². The van der Waals surface area contributed by atoms with E-state index in [1.807, 2.05) is 4.90 Å². The predicted octanol–water partition coefficient (Wildman–Crippen LogP) is 3.07. The van der Waals surface area contributed by atoms with Crippen molar-refractivity contribution in [3.05, 3.63) is 34.9 Å². The average Bonchev–Trinajstić information content (AvgIpc) is 2.40. The molecule has 3 nitrogen and oxygen atoms in total. The Morgan fingerprint density at radius 3 is 2.72 bits per heavy atom. The van der Waals surface area contributed by atoms with Gasteiger partial charge in [0.05, 0.1) is 0 Å². The molecular weight excluding hydrogens is 250 g/mol. The molecule has 1 fully saturated rings. The zero-order valence-corrected chi connectivity index (χ0v) is 10.9. The monoisotopic (exact) mass is 265 g/mol. The van der Waals surface area contributed by atoms with E-state index in [2.05, 4.69) is 0 Å². The number of rotatable bonds is 2. The van der Waals surface area contributed by atoms with Crippen molar-refractivity contribution >= 4 is 23.6 Å². The third-order valence-corrected chi connectivity index (χ3v) is 3.30. The molecule has 96 valence electrons. The molecule has 0 saturated carbocycles. The number of amides is 1. The van der Waals surface area contributed by atoms with Crippen LogP contribution >= 0.6 is 11.6 Å². The number of halogens is 1. The van der Waals surface area contributed by atoms with Gasteiger partial charge in [0.25, 0.3) is 0 Å². The van der Waals surface area contributed by atoms with Crippen molar-refractivity contribution < 1.29 is 9.90 Å². The number of nitrogens with zero attached hydrogens (tertiary/aromatic N) is 1. The zero-order chi connectivity index (χ0) is 13.0. The SMILES string of the molecule is O=C(/C=C/c1cc(Cl)ccc1O)N1CCCCC1. The Hall–Kier alpha value is -1.48. The number of carbonyl (C=O) groups excluding carboxylic acids is 1. The van der Waals surface area contributed by atoms with Crippen LogP contribution in [-0.4, -0.2) is 29.0 Å². The van der Waals surface area contributed by atoms with Gasteiger partial charge in [-0.3, -0.25) is 4.79 Å². The fourth-order valence-electron chi connectivity index (χ4n) is 2.04. The van der Waals surface area contributed by atoms with Crippen LogP contribution in [0.3, 0.4) is 0 Å². The lowest BCUT2D eigenvalue weighted by Gasteiger charge is -2.25. The minimum absolute atomic E-state index is 0.00549. The van der Waals surface area contributed by atoms with Crippen molar-refractivity contribution in [1.82, 2.24) is 4.90 Å². The second-order valence-corrected chi connectivity index (χ2v) is 4.86. The molecule has 0 atom stereocenters. The molecule has 1 aromatic carbocycles. The maximum atomic E-state index is 11.9. The van der Waals surface area contributed by atoms with Crippen molar-refractivity contribution in [2.24, 2.45) is 0 Å². The summed E-state index contributed by atoms with van der Waals surface area (Å²) in [5.41, 5.74) is 0.563. The van der Waals surface area contributed by atoms with Gasteiger partial charge in [-0.2, -0.15) is 0 Å². The predicted molar refractivity (Wildman–Crippen MR) is 72.6 cm³/mol. The first-order chi connectivity index (χ1) is 8.66. The van der Waals surface area contributed by atoms with Gasteiger partial charge in [-0.15, -0.1) is 0 Å². The van der Waals surface area contributed by atoms with Crippen LogP contribution in [-0.2, 0) is 4.79 Å². The van der Waals surface area contributed by atoms with Crippen molar-refractivity contribution in [3.8, 4) is 5.75 Å². The lowest BCUT2D eigenvalue weighted by atomic mass is 10.1. The molecule has 1 N–H and O–H groups in total. The number of phenolic OH excluding ortho intramolecular Hbond substituents is 1. The van der Waals surface area contributed by atoms with E-state index < -0.39 is 0 Å². The van der Waals surface area contributed by atoms with Crippen LogP contribution in [0.4, 0.5) is 0 Å². The van der Waals surface area contributed by atoms with E-state index in [9.17, 15) is 9.90 Å². The Bertz CT molecular complexity index is 465. The Morgan fingerprint density at radius 1 is 1.28 bits per heavy atom. The maximum absolute atomic E-state index is 11.9. The summed E-state index contributed by atoms with van der Waals surface area (Å²) in [6, 6.07) is 4.77. The summed E-state index contributed by atoms with van der Waals surface area (Å²) >= 11 is 5.84. The molecule has 1 saturated heterocycles. The fourth-order valence-corrected chi connectivity index (χ4v) is 2.22. The quantitative estimate of drug-likeness (QED) is 0.835. The molecule has 1 aliphatic rings. The Kier molecular flexibility index (Phi) is 4.26. The van der Waals surface area contributed by atoms with Gasteiger partial charge in [-0.1, -0.05) is 11.6 Å². The molecule has 1 aliphatic heterocycles. The molecule has 1 amide bonds. The molecule has 0 unspecified atom stereocenters. The number of phenols is 1. The molecule has 0 aromatic heterocycles. The van der Waals surface area contributed by atoms with Gasteiger partial charge in [0.2, 0.25) is 5.91 Å². The van der Waals surface area contributed by atoms with Crippen LogP contribution in [0.5, 0.6) is 5.75 Å². The van der Waals surface area contributed by atoms with E-state index >= 15 is 0 Å². The molecule has 0 bridgehead atoms. The van der Waals surface area contributed by atoms with Crippen LogP contribution in [0.15, 0.2) is 24.3 Å². The normalized spacial score (nSPS) is 16.2. The summed E-state index contributed by atoms with van der Waals surface area (Å²) in [6.45, 7) is 1.65. The van der Waals surface area contributed by atoms with E-state index in [1.165, 1.54) is 18.6 Å². The van der Waals surface area contributed by atoms with Gasteiger partial charge < -0.3 is 10.0 Å². The molecule has 0 radical (unpaired) electrons. The summed E-state index contributed by atoms with van der Waals surface area (Å²) < 4.78 is 0. The minimum Gasteiger partial charge on any atom is -0.507 e. The smallest absolute Gasteiger partial charge is 0.246 e. The lowest BCUT2D eigenvalue weighted by molar-refractivity contribution is -0.126. The highest BCUT2D eigenvalue weighted by Gasteiger charge is 2.13. The zero-order valence-electron chi connectivity index (χ0n) is 10.1. The van der Waals surface area contributed by atoms with E-state index in [0.717, 1.165) is 25.9 Å². The first-order valence-corrected chi connectivity index (χ1v) is 6.50. The summed E-state index contributed by atoms with van der Waals surface area (Å²) in [5, 5.41) is 10.2. The van der Waals surface area contributed by atoms with Crippen LogP contribution < -0.4 is 0 Å². The van der Waals surface area contributed by atoms with Gasteiger partial charge in [0, 0.05) is 29.8 Å². The number of benzene rings is 1. The maximum Gasteiger partial charge on any atom is 0.246 e. The molecule has 1 aromatic rings. The Balaban J connectivity index is 2.05. The van der Waals surface area contributed by atoms with Gasteiger partial charge in [-0.25, -0.2) is 0 Å². The average molecular weight is 266 g/mol. The van der Waals surface area contributed by atoms with E-state index in [4.69, 9.17) is 11.6 Å². The lowest BCUT2D eigenvalue weighted by Crippen LogP contribution is -2.34. The highest BCUT2D eigenvalue weighted by molar-refractivity contribution is 6.30. The number of piperidine rings is 1. The topological polar surface area (TPSA) is 40.5 Å². The molecule has 0 aliphatic carbocycles. The van der Waals surface area contributed by atoms with Crippen molar-refractivity contribution in [3.63, 3.8) is 0 Å². The summed E-state index contributed by atoms with van der Waals surface area (Å²) in [5.74, 6) is 0.121.